The van der Waals surface area contributed by atoms with E-state index in [1.807, 2.05) is 13.8 Å². The summed E-state index contributed by atoms with van der Waals surface area (Å²) in [5.74, 6) is -1.00. The minimum Gasteiger partial charge on any atom is -0.476 e. The first-order valence-electron chi connectivity index (χ1n) is 4.70. The SMILES string of the molecule is CCc1c(C(=O)O)nn2cc(C)cnc12. The Morgan fingerprint density at radius 1 is 1.60 bits per heavy atom. The first kappa shape index (κ1) is 9.64. The molecule has 0 atom stereocenters. The number of hydrogen-bond acceptors (Lipinski definition) is 3. The summed E-state index contributed by atoms with van der Waals surface area (Å²) in [5, 5.41) is 13.0. The summed E-state index contributed by atoms with van der Waals surface area (Å²) in [7, 11) is 0. The molecule has 1 N–H and O–H groups in total. The van der Waals surface area contributed by atoms with E-state index in [4.69, 9.17) is 5.11 Å². The molecule has 2 heterocycles. The van der Waals surface area contributed by atoms with Crippen molar-refractivity contribution in [1.82, 2.24) is 14.6 Å². The van der Waals surface area contributed by atoms with Crippen LogP contribution in [-0.2, 0) is 6.42 Å². The summed E-state index contributed by atoms with van der Waals surface area (Å²) in [6.07, 6.45) is 4.09. The van der Waals surface area contributed by atoms with Crippen LogP contribution >= 0.6 is 0 Å². The molecule has 5 heteroatoms. The van der Waals surface area contributed by atoms with Crippen molar-refractivity contribution in [3.63, 3.8) is 0 Å². The lowest BCUT2D eigenvalue weighted by Crippen LogP contribution is -2.00. The van der Waals surface area contributed by atoms with Gasteiger partial charge in [-0.25, -0.2) is 14.3 Å². The topological polar surface area (TPSA) is 67.5 Å². The highest BCUT2D eigenvalue weighted by Gasteiger charge is 2.17. The van der Waals surface area contributed by atoms with Crippen LogP contribution in [-0.4, -0.2) is 25.7 Å². The Morgan fingerprint density at radius 3 is 2.93 bits per heavy atom. The summed E-state index contributed by atoms with van der Waals surface area (Å²) < 4.78 is 1.53. The van der Waals surface area contributed by atoms with Crippen LogP contribution in [0.4, 0.5) is 0 Å². The highest BCUT2D eigenvalue weighted by atomic mass is 16.4. The third-order valence-corrected chi connectivity index (χ3v) is 2.25. The predicted octanol–water partition coefficient (Wildman–Crippen LogP) is 1.30. The van der Waals surface area contributed by atoms with E-state index in [9.17, 15) is 4.79 Å². The first-order valence-corrected chi connectivity index (χ1v) is 4.70. The van der Waals surface area contributed by atoms with Crippen LogP contribution < -0.4 is 0 Å². The average molecular weight is 205 g/mol. The quantitative estimate of drug-likeness (QED) is 0.802. The van der Waals surface area contributed by atoms with E-state index >= 15 is 0 Å². The van der Waals surface area contributed by atoms with E-state index in [1.54, 1.807) is 12.4 Å². The Bertz CT molecular complexity index is 531. The lowest BCUT2D eigenvalue weighted by atomic mass is 10.2. The van der Waals surface area contributed by atoms with Crippen LogP contribution in [0.15, 0.2) is 12.4 Å². The van der Waals surface area contributed by atoms with E-state index in [-0.39, 0.29) is 5.69 Å². The van der Waals surface area contributed by atoms with E-state index in [0.717, 1.165) is 5.56 Å². The molecule has 0 aliphatic rings. The standard InChI is InChI=1S/C10H11N3O2/c1-3-7-8(10(14)15)12-13-5-6(2)4-11-9(7)13/h4-5H,3H2,1-2H3,(H,14,15). The van der Waals surface area contributed by atoms with Crippen LogP contribution in [0.3, 0.4) is 0 Å². The summed E-state index contributed by atoms with van der Waals surface area (Å²) >= 11 is 0. The van der Waals surface area contributed by atoms with Crippen molar-refractivity contribution in [3.05, 3.63) is 29.2 Å². The molecule has 2 aromatic rings. The Labute approximate surface area is 86.4 Å². The van der Waals surface area contributed by atoms with E-state index in [1.165, 1.54) is 4.52 Å². The molecule has 78 valence electrons. The van der Waals surface area contributed by atoms with Crippen molar-refractivity contribution in [2.45, 2.75) is 20.3 Å². The van der Waals surface area contributed by atoms with Crippen molar-refractivity contribution in [2.24, 2.45) is 0 Å². The van der Waals surface area contributed by atoms with Gasteiger partial charge in [0.05, 0.1) is 0 Å². The maximum atomic E-state index is 10.9. The molecule has 0 radical (unpaired) electrons. The summed E-state index contributed by atoms with van der Waals surface area (Å²) in [6, 6.07) is 0. The molecule has 0 amide bonds. The molecule has 0 aliphatic heterocycles. The van der Waals surface area contributed by atoms with Crippen LogP contribution in [0.25, 0.3) is 5.65 Å². The number of hydrogen-bond donors (Lipinski definition) is 1. The number of fused-ring (bicyclic) bond motifs is 1. The van der Waals surface area contributed by atoms with Crippen molar-refractivity contribution in [2.75, 3.05) is 0 Å². The Morgan fingerprint density at radius 2 is 2.33 bits per heavy atom. The van der Waals surface area contributed by atoms with Gasteiger partial charge in [0.25, 0.3) is 0 Å². The van der Waals surface area contributed by atoms with Gasteiger partial charge in [-0.05, 0) is 18.9 Å². The number of carbonyl (C=O) groups is 1. The zero-order valence-corrected chi connectivity index (χ0v) is 8.56. The van der Waals surface area contributed by atoms with Gasteiger partial charge in [-0.1, -0.05) is 6.92 Å². The molecule has 0 saturated heterocycles. The Balaban J connectivity index is 2.78. The van der Waals surface area contributed by atoms with E-state index in [0.29, 0.717) is 17.6 Å². The minimum atomic E-state index is -1.00. The average Bonchev–Trinajstić information content (AvgIpc) is 2.55. The lowest BCUT2D eigenvalue weighted by molar-refractivity contribution is 0.0689. The smallest absolute Gasteiger partial charge is 0.356 e. The molecule has 0 fully saturated rings. The van der Waals surface area contributed by atoms with Crippen LogP contribution in [0.5, 0.6) is 0 Å². The van der Waals surface area contributed by atoms with Crippen LogP contribution in [0.2, 0.25) is 0 Å². The summed E-state index contributed by atoms with van der Waals surface area (Å²) in [6.45, 7) is 3.78. The second kappa shape index (κ2) is 3.34. The number of carboxylic acids is 1. The maximum absolute atomic E-state index is 10.9. The van der Waals surface area contributed by atoms with Gasteiger partial charge < -0.3 is 5.11 Å². The maximum Gasteiger partial charge on any atom is 0.356 e. The largest absolute Gasteiger partial charge is 0.476 e. The molecule has 2 rings (SSSR count). The van der Waals surface area contributed by atoms with Gasteiger partial charge >= 0.3 is 5.97 Å². The van der Waals surface area contributed by atoms with E-state index in [2.05, 4.69) is 10.1 Å². The minimum absolute atomic E-state index is 0.0931. The number of rotatable bonds is 2. The molecule has 0 aromatic carbocycles. The third-order valence-electron chi connectivity index (χ3n) is 2.25. The van der Waals surface area contributed by atoms with Crippen LogP contribution in [0.1, 0.15) is 28.5 Å². The van der Waals surface area contributed by atoms with Crippen molar-refractivity contribution in [3.8, 4) is 0 Å². The molecule has 0 bridgehead atoms. The first-order chi connectivity index (χ1) is 7.13. The van der Waals surface area contributed by atoms with Gasteiger partial charge in [0.15, 0.2) is 11.3 Å². The van der Waals surface area contributed by atoms with Crippen molar-refractivity contribution < 1.29 is 9.90 Å². The number of carboxylic acid groups (broad SMARTS) is 1. The molecule has 0 unspecified atom stereocenters. The molecule has 15 heavy (non-hydrogen) atoms. The third kappa shape index (κ3) is 1.45. The molecule has 0 saturated carbocycles. The molecule has 5 nitrogen and oxygen atoms in total. The lowest BCUT2D eigenvalue weighted by Gasteiger charge is -1.95. The van der Waals surface area contributed by atoms with Crippen molar-refractivity contribution >= 4 is 11.6 Å². The summed E-state index contributed by atoms with van der Waals surface area (Å²) in [5.41, 5.74) is 2.35. The second-order valence-electron chi connectivity index (χ2n) is 3.39. The monoisotopic (exact) mass is 205 g/mol. The van der Waals surface area contributed by atoms with Gasteiger partial charge in [-0.15, -0.1) is 0 Å². The zero-order chi connectivity index (χ0) is 11.0. The van der Waals surface area contributed by atoms with Gasteiger partial charge in [0, 0.05) is 18.0 Å². The number of nitrogens with zero attached hydrogens (tertiary/aromatic N) is 3. The van der Waals surface area contributed by atoms with Gasteiger partial charge in [-0.3, -0.25) is 0 Å². The summed E-state index contributed by atoms with van der Waals surface area (Å²) in [4.78, 5) is 15.1. The molecular formula is C10H11N3O2. The zero-order valence-electron chi connectivity index (χ0n) is 8.56. The fourth-order valence-corrected chi connectivity index (χ4v) is 1.57. The van der Waals surface area contributed by atoms with Gasteiger partial charge in [0.2, 0.25) is 0 Å². The molecule has 0 aliphatic carbocycles. The van der Waals surface area contributed by atoms with Crippen LogP contribution in [0, 0.1) is 6.92 Å². The Kier molecular flexibility index (Phi) is 2.15. The molecular weight excluding hydrogens is 194 g/mol. The fraction of sp³-hybridized carbons (Fsp3) is 0.300. The van der Waals surface area contributed by atoms with E-state index < -0.39 is 5.97 Å². The Hall–Kier alpha value is -1.91. The van der Waals surface area contributed by atoms with Gasteiger partial charge in [0.1, 0.15) is 0 Å². The normalized spacial score (nSPS) is 10.8. The second-order valence-corrected chi connectivity index (χ2v) is 3.39. The number of aryl methyl sites for hydroxylation is 2. The fourth-order valence-electron chi connectivity index (χ4n) is 1.57. The predicted molar refractivity (Wildman–Crippen MR) is 54.1 cm³/mol. The number of aromatic nitrogens is 3. The van der Waals surface area contributed by atoms with Gasteiger partial charge in [-0.2, -0.15) is 5.10 Å². The molecule has 0 spiro atoms. The van der Waals surface area contributed by atoms with Crippen molar-refractivity contribution in [1.29, 1.82) is 0 Å². The highest BCUT2D eigenvalue weighted by Crippen LogP contribution is 2.14. The molecule has 2 aromatic heterocycles. The number of aromatic carboxylic acids is 1. The highest BCUT2D eigenvalue weighted by molar-refractivity contribution is 5.89.